The molecule has 8 rings (SSSR count). The Hall–Kier alpha value is -5.48. The van der Waals surface area contributed by atoms with Gasteiger partial charge in [-0.05, 0) is 84.4 Å². The maximum atomic E-state index is 14.4. The van der Waals surface area contributed by atoms with Crippen molar-refractivity contribution in [2.24, 2.45) is 0 Å². The first-order valence-electron chi connectivity index (χ1n) is 33.7. The molecule has 8 aromatic rings. The Kier molecular flexibility index (Phi) is 42.3. The molecule has 22 heteroatoms. The summed E-state index contributed by atoms with van der Waals surface area (Å²) in [7, 11) is 3.72. The molecule has 0 atom stereocenters. The van der Waals surface area contributed by atoms with Crippen molar-refractivity contribution in [1.29, 1.82) is 0 Å². The molecule has 10 nitrogen and oxygen atoms in total. The van der Waals surface area contributed by atoms with Gasteiger partial charge in [0.2, 0.25) is 0 Å². The molecule has 0 saturated heterocycles. The van der Waals surface area contributed by atoms with Crippen molar-refractivity contribution < 1.29 is 55.3 Å². The summed E-state index contributed by atoms with van der Waals surface area (Å²) in [6, 6.07) is 38.2. The number of nitrogens with zero attached hydrogens (tertiary/aromatic N) is 3. The summed E-state index contributed by atoms with van der Waals surface area (Å²) in [5.74, 6) is -2.77. The molecule has 0 radical (unpaired) electrons. The number of aromatic nitrogens is 3. The van der Waals surface area contributed by atoms with E-state index in [2.05, 4.69) is 98.8 Å². The smallest absolute Gasteiger partial charge is 0.341 e. The minimum absolute atomic E-state index is 0.0211. The van der Waals surface area contributed by atoms with Gasteiger partial charge in [0.05, 0.1) is 74.8 Å². The van der Waals surface area contributed by atoms with Crippen LogP contribution in [0.15, 0.2) is 144 Å². The number of ether oxygens (including phenoxy) is 3. The Bertz CT molecular complexity index is 3690. The summed E-state index contributed by atoms with van der Waals surface area (Å²) in [5.41, 5.74) is 2.07. The van der Waals surface area contributed by atoms with E-state index < -0.39 is 66.3 Å². The van der Waals surface area contributed by atoms with Gasteiger partial charge in [-0.3, -0.25) is 9.78 Å². The van der Waals surface area contributed by atoms with Crippen molar-refractivity contribution in [2.75, 3.05) is 21.3 Å². The second-order valence-electron chi connectivity index (χ2n) is 23.7. The summed E-state index contributed by atoms with van der Waals surface area (Å²) in [4.78, 5) is 57.4. The van der Waals surface area contributed by atoms with E-state index >= 15 is 0 Å². The van der Waals surface area contributed by atoms with E-state index in [1.54, 1.807) is 68.4 Å². The maximum Gasteiger partial charge on any atom is 0.341 e. The van der Waals surface area contributed by atoms with E-state index in [1.807, 2.05) is 24.3 Å². The van der Waals surface area contributed by atoms with Crippen LogP contribution in [0.25, 0.3) is 22.5 Å². The van der Waals surface area contributed by atoms with Gasteiger partial charge in [-0.25, -0.2) is 37.5 Å². The van der Waals surface area contributed by atoms with E-state index in [9.17, 15) is 41.1 Å². The minimum Gasteiger partial charge on any atom is -0.465 e. The molecule has 3 aromatic heterocycles. The standard InChI is InChI=1S/C14H9ClFNO3.C14H11ClFNO2.C8H7Cl2NO2.C6H4BrF.2C6H4F.6C4H9.2Sn/c1-20-14(19)13-9(15)6-11(17-12(13)7-18)8-4-2-3-5-10(8)16;1-8-13(14(18)19-2)10(15)7-12(17-8)9-5-3-4-6-11(9)16;1-4-7(8(12)13-2)5(9)3-6(10)11-4;7-5-3-1-2-4-6(5)8;2*7-6-4-2-1-3-5-6;6*1-3-4-2;;/h2-7H,1H3;3-7H,1-2H3;3H,1-2H3;1-4H;2*1-4H;6*1,3-4H2,2H3;;. The van der Waals surface area contributed by atoms with Crippen molar-refractivity contribution >= 4 is 130 Å². The summed E-state index contributed by atoms with van der Waals surface area (Å²) < 4.78 is 93.1. The summed E-state index contributed by atoms with van der Waals surface area (Å²) >= 11 is 21.4. The molecule has 0 aliphatic heterocycles. The monoisotopic (exact) mass is 1740 g/mol. The first-order valence-corrected chi connectivity index (χ1v) is 51.0. The summed E-state index contributed by atoms with van der Waals surface area (Å²) in [6.07, 6.45) is 15.6. The third kappa shape index (κ3) is 27.6. The number of hydrogen-bond donors (Lipinski definition) is 0. The molecule has 0 N–H and O–H groups in total. The number of carbonyl (C=O) groups excluding carboxylic acids is 4. The number of pyridine rings is 3. The molecule has 0 spiro atoms. The predicted octanol–water partition coefficient (Wildman–Crippen LogP) is 23.6. The van der Waals surface area contributed by atoms with Gasteiger partial charge in [0.15, 0.2) is 6.29 Å². The topological polar surface area (TPSA) is 135 Å². The van der Waals surface area contributed by atoms with E-state index in [-0.39, 0.29) is 71.3 Å². The number of methoxy groups -OCH3 is 3. The zero-order chi connectivity index (χ0) is 74.4. The van der Waals surface area contributed by atoms with Gasteiger partial charge in [-0.1, -0.05) is 82.8 Å². The molecule has 0 saturated carbocycles. The number of halogens is 10. The molecule has 540 valence electrons. The number of unbranched alkanes of at least 4 members (excludes halogenated alkanes) is 6. The first-order chi connectivity index (χ1) is 47.9. The molecule has 0 unspecified atom stereocenters. The van der Waals surface area contributed by atoms with Gasteiger partial charge in [-0.15, -0.1) is 0 Å². The molecule has 5 aromatic carbocycles. The molecule has 0 fully saturated rings. The Morgan fingerprint density at radius 2 is 0.720 bits per heavy atom. The largest absolute Gasteiger partial charge is 0.465 e. The number of hydrogen-bond acceptors (Lipinski definition) is 10. The van der Waals surface area contributed by atoms with E-state index in [4.69, 9.17) is 46.4 Å². The molecule has 0 amide bonds. The molecular weight excluding hydrogens is 1640 g/mol. The number of rotatable bonds is 26. The van der Waals surface area contributed by atoms with Crippen LogP contribution >= 0.6 is 62.3 Å². The molecule has 0 aliphatic rings. The molecule has 100 heavy (non-hydrogen) atoms. The average molecular weight is 1740 g/mol. The maximum absolute atomic E-state index is 14.4. The second kappa shape index (κ2) is 47.7. The normalized spacial score (nSPS) is 10.7. The number of esters is 3. The van der Waals surface area contributed by atoms with Crippen LogP contribution in [0.2, 0.25) is 46.8 Å². The Labute approximate surface area is 625 Å². The Morgan fingerprint density at radius 3 is 1.02 bits per heavy atom. The van der Waals surface area contributed by atoms with Crippen LogP contribution in [0.3, 0.4) is 0 Å². The van der Waals surface area contributed by atoms with Crippen LogP contribution in [-0.4, -0.2) is 97.2 Å². The fourth-order valence-electron chi connectivity index (χ4n) is 11.3. The van der Waals surface area contributed by atoms with Crippen molar-refractivity contribution in [1.82, 2.24) is 15.0 Å². The van der Waals surface area contributed by atoms with Gasteiger partial charge in [0, 0.05) is 11.1 Å². The van der Waals surface area contributed by atoms with Crippen LogP contribution < -0.4 is 7.16 Å². The first kappa shape index (κ1) is 88.7. The average Bonchev–Trinajstić information content (AvgIpc) is 0.827. The van der Waals surface area contributed by atoms with Crippen LogP contribution in [0.4, 0.5) is 22.0 Å². The zero-order valence-electron chi connectivity index (χ0n) is 59.1. The molecule has 0 bridgehead atoms. The molecular formula is C78H93BrCl4F5N3O7Sn2. The van der Waals surface area contributed by atoms with Crippen LogP contribution in [0, 0.1) is 42.9 Å². The van der Waals surface area contributed by atoms with Gasteiger partial charge in [0.1, 0.15) is 33.9 Å². The van der Waals surface area contributed by atoms with Crippen LogP contribution in [0.5, 0.6) is 0 Å². The number of carbonyl (C=O) groups is 4. The Balaban J connectivity index is 0.000000318. The third-order valence-corrected chi connectivity index (χ3v) is 49.6. The fraction of sp³-hybridized carbons (Fsp3) is 0.372. The number of aryl methyl sites for hydroxylation is 2. The predicted molar refractivity (Wildman–Crippen MR) is 408 cm³/mol. The van der Waals surface area contributed by atoms with Crippen molar-refractivity contribution in [3.05, 3.63) is 227 Å². The van der Waals surface area contributed by atoms with Gasteiger partial charge in [0.25, 0.3) is 0 Å². The van der Waals surface area contributed by atoms with Gasteiger partial charge < -0.3 is 14.2 Å². The van der Waals surface area contributed by atoms with Crippen LogP contribution in [0.1, 0.15) is 172 Å². The minimum atomic E-state index is -2.53. The summed E-state index contributed by atoms with van der Waals surface area (Å²) in [6.45, 7) is 16.8. The van der Waals surface area contributed by atoms with E-state index in [0.717, 1.165) is 7.11 Å². The van der Waals surface area contributed by atoms with Crippen molar-refractivity contribution in [3.8, 4) is 22.5 Å². The fourth-order valence-corrected chi connectivity index (χ4v) is 45.3. The quantitative estimate of drug-likeness (QED) is 0.0129. The van der Waals surface area contributed by atoms with Crippen molar-refractivity contribution in [3.63, 3.8) is 0 Å². The van der Waals surface area contributed by atoms with Gasteiger partial charge >= 0.3 is 276 Å². The van der Waals surface area contributed by atoms with E-state index in [1.165, 1.54) is 174 Å². The number of aldehydes is 1. The Morgan fingerprint density at radius 1 is 0.420 bits per heavy atom. The zero-order valence-corrected chi connectivity index (χ0v) is 69.4. The van der Waals surface area contributed by atoms with Gasteiger partial charge in [-0.2, -0.15) is 0 Å². The SMILES string of the molecule is CCC[CH2][Sn]([CH2]CCC)([CH2]CCC)[c]1ccccc1F.CCC[CH2][Sn]([CH2]CCC)([CH2]CCC)[c]1ccccc1F.COC(=O)c1c(Cl)cc(-c2ccccc2F)nc1C.COC(=O)c1c(Cl)cc(-c2ccccc2F)nc1C=O.COC(=O)c1c(Cl)cc(Cl)nc1C.Fc1ccccc1Br. The number of benzene rings is 5. The van der Waals surface area contributed by atoms with Crippen molar-refractivity contribution in [2.45, 2.75) is 159 Å². The molecule has 3 heterocycles. The molecule has 0 aliphatic carbocycles. The second-order valence-corrected chi connectivity index (χ2v) is 52.4. The van der Waals surface area contributed by atoms with Crippen LogP contribution in [-0.2, 0) is 14.2 Å². The van der Waals surface area contributed by atoms with E-state index in [0.29, 0.717) is 33.4 Å². The summed E-state index contributed by atoms with van der Waals surface area (Å²) in [5, 5.41) is 0.685. The third-order valence-electron chi connectivity index (χ3n) is 16.6.